The number of methoxy groups -OCH3 is 2. The number of benzene rings is 3. The van der Waals surface area contributed by atoms with Gasteiger partial charge in [0.05, 0.1) is 25.5 Å². The molecule has 0 bridgehead atoms. The van der Waals surface area contributed by atoms with Crippen LogP contribution in [0.15, 0.2) is 60.7 Å². The second kappa shape index (κ2) is 12.3. The molecule has 37 heavy (non-hydrogen) atoms. The van der Waals surface area contributed by atoms with Gasteiger partial charge in [-0.25, -0.2) is 0 Å². The van der Waals surface area contributed by atoms with E-state index in [0.717, 1.165) is 30.6 Å². The van der Waals surface area contributed by atoms with Crippen molar-refractivity contribution < 1.29 is 23.8 Å². The van der Waals surface area contributed by atoms with Gasteiger partial charge in [-0.15, -0.1) is 0 Å². The summed E-state index contributed by atoms with van der Waals surface area (Å²) in [5.74, 6) is 1.50. The van der Waals surface area contributed by atoms with Crippen molar-refractivity contribution in [1.29, 1.82) is 0 Å². The molecule has 0 unspecified atom stereocenters. The third kappa shape index (κ3) is 6.42. The zero-order chi connectivity index (χ0) is 26.2. The first kappa shape index (κ1) is 26.1. The molecule has 1 aliphatic rings. The van der Waals surface area contributed by atoms with Crippen LogP contribution in [0.25, 0.3) is 0 Å². The molecule has 0 aromatic heterocycles. The molecular weight excluding hydrogens is 468 g/mol. The van der Waals surface area contributed by atoms with E-state index >= 15 is 0 Å². The van der Waals surface area contributed by atoms with Crippen LogP contribution in [0.4, 0.5) is 5.69 Å². The summed E-state index contributed by atoms with van der Waals surface area (Å²) < 4.78 is 16.7. The van der Waals surface area contributed by atoms with E-state index in [1.807, 2.05) is 30.3 Å². The molecule has 7 nitrogen and oxygen atoms in total. The molecular formula is C30H34N2O5. The molecule has 3 aromatic rings. The van der Waals surface area contributed by atoms with Crippen LogP contribution >= 0.6 is 0 Å². The highest BCUT2D eigenvalue weighted by molar-refractivity contribution is 6.04. The van der Waals surface area contributed by atoms with Crippen molar-refractivity contribution in [2.75, 3.05) is 26.1 Å². The average Bonchev–Trinajstić information content (AvgIpc) is 2.93. The minimum atomic E-state index is -0.713. The zero-order valence-corrected chi connectivity index (χ0v) is 21.6. The van der Waals surface area contributed by atoms with Gasteiger partial charge in [0.1, 0.15) is 5.75 Å². The Morgan fingerprint density at radius 3 is 2.49 bits per heavy atom. The van der Waals surface area contributed by atoms with Gasteiger partial charge in [0.2, 0.25) is 0 Å². The van der Waals surface area contributed by atoms with Gasteiger partial charge in [-0.3, -0.25) is 9.59 Å². The van der Waals surface area contributed by atoms with E-state index in [1.54, 1.807) is 45.4 Å². The van der Waals surface area contributed by atoms with Gasteiger partial charge >= 0.3 is 0 Å². The normalized spacial score (nSPS) is 13.2. The Bertz CT molecular complexity index is 1260. The standard InChI is InChI=1S/C30H34N2O5/c1-20(37-26-14-8-10-22-9-4-5-11-23(22)26)29(33)32-25-13-7-6-12-24(25)30(34)31-18-17-21-15-16-27(35-2)28(19-21)36-3/h6-8,10,12-16,19-20H,4-5,9,11,17-18H2,1-3H3,(H,31,34)(H,32,33)/t20-/m0/s1. The molecule has 0 heterocycles. The van der Waals surface area contributed by atoms with Crippen molar-refractivity contribution in [2.45, 2.75) is 45.1 Å². The SMILES string of the molecule is COc1ccc(CCNC(=O)c2ccccc2NC(=O)[C@H](C)Oc2cccc3c2CCCC3)cc1OC. The van der Waals surface area contributed by atoms with E-state index in [1.165, 1.54) is 17.5 Å². The van der Waals surface area contributed by atoms with Crippen LogP contribution in [0.2, 0.25) is 0 Å². The fourth-order valence-corrected chi connectivity index (χ4v) is 4.58. The second-order valence-electron chi connectivity index (χ2n) is 9.09. The van der Waals surface area contributed by atoms with E-state index < -0.39 is 6.10 Å². The maximum atomic E-state index is 13.0. The number of carbonyl (C=O) groups is 2. The molecule has 0 aliphatic heterocycles. The fourth-order valence-electron chi connectivity index (χ4n) is 4.58. The molecule has 7 heteroatoms. The first-order valence-corrected chi connectivity index (χ1v) is 12.7. The quantitative estimate of drug-likeness (QED) is 0.409. The Kier molecular flexibility index (Phi) is 8.67. The third-order valence-electron chi connectivity index (χ3n) is 6.60. The fraction of sp³-hybridized carbons (Fsp3) is 0.333. The molecule has 4 rings (SSSR count). The number of hydrogen-bond donors (Lipinski definition) is 2. The maximum absolute atomic E-state index is 13.0. The molecule has 0 spiro atoms. The molecule has 1 aliphatic carbocycles. The highest BCUT2D eigenvalue weighted by Gasteiger charge is 2.21. The van der Waals surface area contributed by atoms with Crippen molar-refractivity contribution in [3.8, 4) is 17.2 Å². The lowest BCUT2D eigenvalue weighted by molar-refractivity contribution is -0.122. The Morgan fingerprint density at radius 2 is 1.68 bits per heavy atom. The van der Waals surface area contributed by atoms with Gasteiger partial charge in [-0.1, -0.05) is 30.3 Å². The first-order chi connectivity index (χ1) is 18.0. The third-order valence-corrected chi connectivity index (χ3v) is 6.60. The maximum Gasteiger partial charge on any atom is 0.265 e. The Labute approximate surface area is 218 Å². The van der Waals surface area contributed by atoms with E-state index in [2.05, 4.69) is 16.7 Å². The van der Waals surface area contributed by atoms with Gasteiger partial charge < -0.3 is 24.8 Å². The van der Waals surface area contributed by atoms with E-state index in [-0.39, 0.29) is 11.8 Å². The molecule has 3 aromatic carbocycles. The van der Waals surface area contributed by atoms with Crippen molar-refractivity contribution in [3.05, 3.63) is 82.9 Å². The molecule has 2 amide bonds. The van der Waals surface area contributed by atoms with Gasteiger partial charge in [0, 0.05) is 6.54 Å². The van der Waals surface area contributed by atoms with Crippen LogP contribution in [0, 0.1) is 0 Å². The second-order valence-corrected chi connectivity index (χ2v) is 9.09. The summed E-state index contributed by atoms with van der Waals surface area (Å²) in [6.45, 7) is 2.15. The number of nitrogens with one attached hydrogen (secondary N) is 2. The van der Waals surface area contributed by atoms with Crippen molar-refractivity contribution in [2.24, 2.45) is 0 Å². The molecule has 0 saturated heterocycles. The number of para-hydroxylation sites is 1. The van der Waals surface area contributed by atoms with Gasteiger partial charge in [-0.2, -0.15) is 0 Å². The number of anilines is 1. The van der Waals surface area contributed by atoms with E-state index in [9.17, 15) is 9.59 Å². The molecule has 0 fully saturated rings. The number of hydrogen-bond acceptors (Lipinski definition) is 5. The smallest absolute Gasteiger partial charge is 0.265 e. The molecule has 2 N–H and O–H groups in total. The van der Waals surface area contributed by atoms with Gasteiger partial charge in [0.15, 0.2) is 17.6 Å². The summed E-state index contributed by atoms with van der Waals surface area (Å²) in [4.78, 5) is 25.9. The first-order valence-electron chi connectivity index (χ1n) is 12.7. The topological polar surface area (TPSA) is 85.9 Å². The molecule has 194 valence electrons. The summed E-state index contributed by atoms with van der Waals surface area (Å²) in [7, 11) is 3.18. The van der Waals surface area contributed by atoms with Gasteiger partial charge in [-0.05, 0) is 86.1 Å². The lowest BCUT2D eigenvalue weighted by atomic mass is 9.91. The summed E-state index contributed by atoms with van der Waals surface area (Å²) in [5, 5.41) is 5.81. The lowest BCUT2D eigenvalue weighted by Gasteiger charge is -2.22. The Hall–Kier alpha value is -4.00. The van der Waals surface area contributed by atoms with Crippen molar-refractivity contribution >= 4 is 17.5 Å². The highest BCUT2D eigenvalue weighted by atomic mass is 16.5. The molecule has 0 saturated carbocycles. The predicted molar refractivity (Wildman–Crippen MR) is 144 cm³/mol. The Morgan fingerprint density at radius 1 is 0.892 bits per heavy atom. The van der Waals surface area contributed by atoms with Gasteiger partial charge in [0.25, 0.3) is 11.8 Å². The summed E-state index contributed by atoms with van der Waals surface area (Å²) >= 11 is 0. The van der Waals surface area contributed by atoms with E-state index in [0.29, 0.717) is 35.7 Å². The van der Waals surface area contributed by atoms with Crippen LogP contribution in [0.3, 0.4) is 0 Å². The minimum Gasteiger partial charge on any atom is -0.493 e. The Balaban J connectivity index is 1.36. The number of rotatable bonds is 10. The number of carbonyl (C=O) groups excluding carboxylic acids is 2. The van der Waals surface area contributed by atoms with E-state index in [4.69, 9.17) is 14.2 Å². The van der Waals surface area contributed by atoms with Crippen LogP contribution < -0.4 is 24.8 Å². The number of aryl methyl sites for hydroxylation is 1. The lowest BCUT2D eigenvalue weighted by Crippen LogP contribution is -2.32. The largest absolute Gasteiger partial charge is 0.493 e. The summed E-state index contributed by atoms with van der Waals surface area (Å²) in [5.41, 5.74) is 4.34. The van der Waals surface area contributed by atoms with Crippen molar-refractivity contribution in [3.63, 3.8) is 0 Å². The number of fused-ring (bicyclic) bond motifs is 1. The predicted octanol–water partition coefficient (Wildman–Crippen LogP) is 4.96. The van der Waals surface area contributed by atoms with Crippen LogP contribution in [0.5, 0.6) is 17.2 Å². The average molecular weight is 503 g/mol. The van der Waals surface area contributed by atoms with Crippen LogP contribution in [-0.2, 0) is 24.1 Å². The van der Waals surface area contributed by atoms with Crippen LogP contribution in [0.1, 0.15) is 46.8 Å². The monoisotopic (exact) mass is 502 g/mol. The summed E-state index contributed by atoms with van der Waals surface area (Å²) in [6.07, 6.45) is 4.22. The minimum absolute atomic E-state index is 0.262. The van der Waals surface area contributed by atoms with Crippen LogP contribution in [-0.4, -0.2) is 38.7 Å². The molecule has 1 atom stereocenters. The summed E-state index contributed by atoms with van der Waals surface area (Å²) in [6, 6.07) is 18.7. The highest BCUT2D eigenvalue weighted by Crippen LogP contribution is 2.30. The number of ether oxygens (including phenoxy) is 3. The number of amides is 2. The van der Waals surface area contributed by atoms with Crippen molar-refractivity contribution in [1.82, 2.24) is 5.32 Å². The molecule has 0 radical (unpaired) electrons. The zero-order valence-electron chi connectivity index (χ0n) is 21.6.